The minimum absolute atomic E-state index is 0.00564. The molecule has 22 heavy (non-hydrogen) atoms. The summed E-state index contributed by atoms with van der Waals surface area (Å²) in [4.78, 5) is 28.7. The normalized spacial score (nSPS) is 17.7. The van der Waals surface area contributed by atoms with Gasteiger partial charge in [-0.25, -0.2) is 4.98 Å². The van der Waals surface area contributed by atoms with Crippen molar-refractivity contribution in [3.63, 3.8) is 0 Å². The number of nitrogens with two attached hydrogens (primary N) is 1. The molecule has 0 aliphatic carbocycles. The Hall–Kier alpha value is -2.32. The molecule has 8 heteroatoms. The van der Waals surface area contributed by atoms with E-state index in [1.807, 2.05) is 0 Å². The Morgan fingerprint density at radius 2 is 2.32 bits per heavy atom. The summed E-state index contributed by atoms with van der Waals surface area (Å²) in [6.07, 6.45) is 0.799. The minimum atomic E-state index is -0.450. The second-order valence-electron chi connectivity index (χ2n) is 5.15. The number of carbonyl (C=O) groups is 1. The molecule has 0 radical (unpaired) electrons. The number of thiazole rings is 1. The van der Waals surface area contributed by atoms with Gasteiger partial charge in [-0.2, -0.15) is 0 Å². The predicted octanol–water partition coefficient (Wildman–Crippen LogP) is 1.89. The van der Waals surface area contributed by atoms with Crippen LogP contribution in [0.25, 0.3) is 10.6 Å². The van der Waals surface area contributed by atoms with E-state index in [9.17, 15) is 14.9 Å². The molecule has 1 aromatic carbocycles. The molecule has 1 saturated heterocycles. The Bertz CT molecular complexity index is 730. The van der Waals surface area contributed by atoms with Gasteiger partial charge in [0.15, 0.2) is 0 Å². The molecule has 114 valence electrons. The Morgan fingerprint density at radius 3 is 3.00 bits per heavy atom. The lowest BCUT2D eigenvalue weighted by Crippen LogP contribution is -2.32. The van der Waals surface area contributed by atoms with Crippen LogP contribution in [0, 0.1) is 10.1 Å². The van der Waals surface area contributed by atoms with E-state index in [1.54, 1.807) is 22.4 Å². The number of carbonyl (C=O) groups excluding carboxylic acids is 1. The molecular weight excluding hydrogens is 304 g/mol. The highest BCUT2D eigenvalue weighted by molar-refractivity contribution is 7.13. The van der Waals surface area contributed by atoms with Crippen molar-refractivity contribution in [2.24, 2.45) is 5.73 Å². The minimum Gasteiger partial charge on any atom is -0.336 e. The number of amides is 1. The van der Waals surface area contributed by atoms with Crippen molar-refractivity contribution in [2.45, 2.75) is 12.5 Å². The van der Waals surface area contributed by atoms with E-state index < -0.39 is 4.92 Å². The Labute approximate surface area is 130 Å². The van der Waals surface area contributed by atoms with E-state index in [1.165, 1.54) is 23.5 Å². The predicted molar refractivity (Wildman–Crippen MR) is 82.7 cm³/mol. The van der Waals surface area contributed by atoms with E-state index >= 15 is 0 Å². The zero-order valence-electron chi connectivity index (χ0n) is 11.6. The van der Waals surface area contributed by atoms with E-state index in [-0.39, 0.29) is 17.6 Å². The lowest BCUT2D eigenvalue weighted by atomic mass is 10.2. The van der Waals surface area contributed by atoms with Crippen LogP contribution in [0.2, 0.25) is 0 Å². The Kier molecular flexibility index (Phi) is 3.86. The van der Waals surface area contributed by atoms with Crippen LogP contribution in [-0.4, -0.2) is 39.8 Å². The summed E-state index contributed by atoms with van der Waals surface area (Å²) in [5.74, 6) is -0.138. The Morgan fingerprint density at radius 1 is 1.50 bits per heavy atom. The summed E-state index contributed by atoms with van der Waals surface area (Å²) in [7, 11) is 0. The molecule has 1 aromatic heterocycles. The number of nitro benzene ring substituents is 1. The van der Waals surface area contributed by atoms with Gasteiger partial charge < -0.3 is 10.6 Å². The van der Waals surface area contributed by atoms with Crippen LogP contribution in [0.5, 0.6) is 0 Å². The van der Waals surface area contributed by atoms with Crippen molar-refractivity contribution in [3.05, 3.63) is 45.5 Å². The van der Waals surface area contributed by atoms with Gasteiger partial charge in [0.25, 0.3) is 11.6 Å². The lowest BCUT2D eigenvalue weighted by Gasteiger charge is -2.13. The van der Waals surface area contributed by atoms with E-state index in [0.29, 0.717) is 29.4 Å². The van der Waals surface area contributed by atoms with Gasteiger partial charge in [0.1, 0.15) is 10.7 Å². The maximum absolute atomic E-state index is 12.3. The average Bonchev–Trinajstić information content (AvgIpc) is 3.15. The lowest BCUT2D eigenvalue weighted by molar-refractivity contribution is -0.384. The van der Waals surface area contributed by atoms with Crippen LogP contribution in [0.3, 0.4) is 0 Å². The number of hydrogen-bond donors (Lipinski definition) is 1. The third kappa shape index (κ3) is 2.83. The number of rotatable bonds is 3. The second kappa shape index (κ2) is 5.82. The molecule has 0 unspecified atom stereocenters. The molecule has 0 spiro atoms. The summed E-state index contributed by atoms with van der Waals surface area (Å²) in [6, 6.07) is 6.26. The molecule has 1 atom stereocenters. The molecule has 1 aliphatic heterocycles. The van der Waals surface area contributed by atoms with Crippen LogP contribution in [0.1, 0.15) is 16.9 Å². The number of benzene rings is 1. The van der Waals surface area contributed by atoms with Gasteiger partial charge in [-0.3, -0.25) is 14.9 Å². The third-order valence-corrected chi connectivity index (χ3v) is 4.43. The smallest absolute Gasteiger partial charge is 0.273 e. The molecule has 0 saturated carbocycles. The van der Waals surface area contributed by atoms with Crippen molar-refractivity contribution < 1.29 is 9.72 Å². The molecule has 3 rings (SSSR count). The maximum Gasteiger partial charge on any atom is 0.273 e. The monoisotopic (exact) mass is 318 g/mol. The van der Waals surface area contributed by atoms with Gasteiger partial charge in [-0.15, -0.1) is 11.3 Å². The van der Waals surface area contributed by atoms with Gasteiger partial charge in [-0.05, 0) is 6.42 Å². The quantitative estimate of drug-likeness (QED) is 0.687. The van der Waals surface area contributed by atoms with Crippen LogP contribution in [0.4, 0.5) is 5.69 Å². The second-order valence-corrected chi connectivity index (χ2v) is 6.00. The summed E-state index contributed by atoms with van der Waals surface area (Å²) in [5, 5.41) is 13.1. The molecule has 2 heterocycles. The maximum atomic E-state index is 12.3. The summed E-state index contributed by atoms with van der Waals surface area (Å²) in [6.45, 7) is 1.19. The van der Waals surface area contributed by atoms with Crippen LogP contribution < -0.4 is 5.73 Å². The number of nitro groups is 1. The molecule has 0 bridgehead atoms. The highest BCUT2D eigenvalue weighted by Gasteiger charge is 2.26. The fraction of sp³-hybridized carbons (Fsp3) is 0.286. The molecular formula is C14H14N4O3S. The molecule has 1 amide bonds. The third-order valence-electron chi connectivity index (χ3n) is 3.54. The number of aromatic nitrogens is 1. The Balaban J connectivity index is 1.83. The highest BCUT2D eigenvalue weighted by Crippen LogP contribution is 2.27. The molecule has 1 fully saturated rings. The number of nitrogens with zero attached hydrogens (tertiary/aromatic N) is 3. The topological polar surface area (TPSA) is 102 Å². The first kappa shape index (κ1) is 14.6. The van der Waals surface area contributed by atoms with Crippen molar-refractivity contribution in [3.8, 4) is 10.6 Å². The molecule has 7 nitrogen and oxygen atoms in total. The zero-order valence-corrected chi connectivity index (χ0v) is 12.5. The molecule has 1 aliphatic rings. The standard InChI is InChI=1S/C14H14N4O3S/c15-10-4-5-17(7-10)14(19)12-8-22-13(16-12)9-2-1-3-11(6-9)18(20)21/h1-3,6,8,10H,4-5,7,15H2/t10-/m1/s1. The average molecular weight is 318 g/mol. The largest absolute Gasteiger partial charge is 0.336 e. The van der Waals surface area contributed by atoms with E-state index in [4.69, 9.17) is 5.73 Å². The van der Waals surface area contributed by atoms with Crippen LogP contribution >= 0.6 is 11.3 Å². The van der Waals surface area contributed by atoms with Crippen molar-refractivity contribution in [1.82, 2.24) is 9.88 Å². The number of likely N-dealkylation sites (tertiary alicyclic amines) is 1. The van der Waals surface area contributed by atoms with Crippen LogP contribution in [-0.2, 0) is 0 Å². The van der Waals surface area contributed by atoms with Gasteiger partial charge in [0.05, 0.1) is 4.92 Å². The van der Waals surface area contributed by atoms with E-state index in [2.05, 4.69) is 4.98 Å². The summed E-state index contributed by atoms with van der Waals surface area (Å²) >= 11 is 1.30. The first-order valence-electron chi connectivity index (χ1n) is 6.80. The van der Waals surface area contributed by atoms with Gasteiger partial charge in [-0.1, -0.05) is 12.1 Å². The van der Waals surface area contributed by atoms with Gasteiger partial charge in [0.2, 0.25) is 0 Å². The van der Waals surface area contributed by atoms with Crippen LogP contribution in [0.15, 0.2) is 29.6 Å². The van der Waals surface area contributed by atoms with Gasteiger partial charge in [0, 0.05) is 42.2 Å². The molecule has 2 N–H and O–H groups in total. The first-order valence-corrected chi connectivity index (χ1v) is 7.68. The number of non-ortho nitro benzene ring substituents is 1. The fourth-order valence-electron chi connectivity index (χ4n) is 2.39. The fourth-order valence-corrected chi connectivity index (χ4v) is 3.18. The SMILES string of the molecule is N[C@@H]1CCN(C(=O)c2csc(-c3cccc([N+](=O)[O-])c3)n2)C1. The summed E-state index contributed by atoms with van der Waals surface area (Å²) < 4.78 is 0. The zero-order chi connectivity index (χ0) is 15.7. The van der Waals surface area contributed by atoms with E-state index in [0.717, 1.165) is 6.42 Å². The highest BCUT2D eigenvalue weighted by atomic mass is 32.1. The van der Waals surface area contributed by atoms with Gasteiger partial charge >= 0.3 is 0 Å². The van der Waals surface area contributed by atoms with Crippen molar-refractivity contribution in [1.29, 1.82) is 0 Å². The van der Waals surface area contributed by atoms with Crippen molar-refractivity contribution >= 4 is 22.9 Å². The molecule has 2 aromatic rings. The number of hydrogen-bond acceptors (Lipinski definition) is 6. The van der Waals surface area contributed by atoms with Crippen molar-refractivity contribution in [2.75, 3.05) is 13.1 Å². The summed E-state index contributed by atoms with van der Waals surface area (Å²) in [5.41, 5.74) is 6.81. The first-order chi connectivity index (χ1) is 10.5.